The van der Waals surface area contributed by atoms with Gasteiger partial charge >= 0.3 is 0 Å². The largest absolute Gasteiger partial charge is 0.312 e. The van der Waals surface area contributed by atoms with Crippen LogP contribution in [0, 0.1) is 0 Å². The van der Waals surface area contributed by atoms with Crippen LogP contribution in [0.25, 0.3) is 10.9 Å². The van der Waals surface area contributed by atoms with E-state index in [-0.39, 0.29) is 11.5 Å². The molecule has 4 rings (SSSR count). The molecule has 3 aromatic rings. The highest BCUT2D eigenvalue weighted by molar-refractivity contribution is 7.98. The SMILES string of the molecule is CCCCCn1c(SCc2ccc(N3CCCC3=O)cc2)nc2ccccc2c1=O. The van der Waals surface area contributed by atoms with E-state index in [1.165, 1.54) is 0 Å². The Hall–Kier alpha value is -2.60. The molecule has 0 radical (unpaired) electrons. The number of hydrogen-bond acceptors (Lipinski definition) is 4. The standard InChI is InChI=1S/C24H27N3O2S/c1-2-3-6-15-27-23(29)20-8-4-5-9-21(20)25-24(27)30-17-18-11-13-19(14-12-18)26-16-7-10-22(26)28/h4-5,8-9,11-14H,2-3,6-7,10,15-17H2,1H3. The lowest BCUT2D eigenvalue weighted by Crippen LogP contribution is -2.23. The minimum atomic E-state index is 0.0436. The Morgan fingerprint density at radius 1 is 1.03 bits per heavy atom. The number of amides is 1. The predicted octanol–water partition coefficient (Wildman–Crippen LogP) is 5.01. The van der Waals surface area contributed by atoms with Crippen molar-refractivity contribution in [2.75, 3.05) is 11.4 Å². The van der Waals surface area contributed by atoms with Gasteiger partial charge in [-0.2, -0.15) is 0 Å². The third-order valence-electron chi connectivity index (χ3n) is 5.50. The molecule has 0 atom stereocenters. The zero-order chi connectivity index (χ0) is 20.9. The molecule has 0 unspecified atom stereocenters. The molecule has 1 saturated heterocycles. The smallest absolute Gasteiger partial charge is 0.262 e. The van der Waals surface area contributed by atoms with Crippen LogP contribution in [-0.4, -0.2) is 22.0 Å². The summed E-state index contributed by atoms with van der Waals surface area (Å²) < 4.78 is 1.83. The average molecular weight is 422 g/mol. The Bertz CT molecular complexity index is 1090. The third-order valence-corrected chi connectivity index (χ3v) is 6.55. The van der Waals surface area contributed by atoms with Crippen molar-refractivity contribution in [1.29, 1.82) is 0 Å². The second-order valence-electron chi connectivity index (χ2n) is 7.68. The number of benzene rings is 2. The maximum Gasteiger partial charge on any atom is 0.262 e. The highest BCUT2D eigenvalue weighted by Crippen LogP contribution is 2.26. The highest BCUT2D eigenvalue weighted by Gasteiger charge is 2.21. The van der Waals surface area contributed by atoms with Gasteiger partial charge < -0.3 is 4.90 Å². The second kappa shape index (κ2) is 9.47. The molecule has 1 aliphatic rings. The summed E-state index contributed by atoms with van der Waals surface area (Å²) >= 11 is 1.60. The van der Waals surface area contributed by atoms with Crippen LogP contribution in [-0.2, 0) is 17.1 Å². The number of rotatable bonds is 8. The molecule has 1 amide bonds. The van der Waals surface area contributed by atoms with Gasteiger partial charge in [0, 0.05) is 31.0 Å². The van der Waals surface area contributed by atoms with Crippen LogP contribution in [0.5, 0.6) is 0 Å². The van der Waals surface area contributed by atoms with Gasteiger partial charge in [-0.15, -0.1) is 0 Å². The van der Waals surface area contributed by atoms with E-state index in [2.05, 4.69) is 19.1 Å². The van der Waals surface area contributed by atoms with Crippen LogP contribution in [0.4, 0.5) is 5.69 Å². The van der Waals surface area contributed by atoms with Crippen molar-refractivity contribution < 1.29 is 4.79 Å². The molecule has 1 aromatic heterocycles. The van der Waals surface area contributed by atoms with Crippen molar-refractivity contribution in [2.24, 2.45) is 0 Å². The lowest BCUT2D eigenvalue weighted by Gasteiger charge is -2.16. The fraction of sp³-hybridized carbons (Fsp3) is 0.375. The predicted molar refractivity (Wildman–Crippen MR) is 123 cm³/mol. The molecule has 1 fully saturated rings. The average Bonchev–Trinajstić information content (AvgIpc) is 3.20. The maximum atomic E-state index is 13.0. The van der Waals surface area contributed by atoms with Crippen molar-refractivity contribution in [3.05, 3.63) is 64.4 Å². The van der Waals surface area contributed by atoms with Gasteiger partial charge in [0.15, 0.2) is 5.16 Å². The molecule has 0 spiro atoms. The maximum absolute atomic E-state index is 13.0. The van der Waals surface area contributed by atoms with E-state index in [0.29, 0.717) is 18.4 Å². The molecule has 1 aliphatic heterocycles. The van der Waals surface area contributed by atoms with Crippen LogP contribution < -0.4 is 10.5 Å². The topological polar surface area (TPSA) is 55.2 Å². The Labute approximate surface area is 181 Å². The molecule has 0 N–H and O–H groups in total. The van der Waals surface area contributed by atoms with Crippen LogP contribution in [0.15, 0.2) is 58.5 Å². The summed E-state index contributed by atoms with van der Waals surface area (Å²) in [6.07, 6.45) is 4.76. The normalized spacial score (nSPS) is 14.0. The van der Waals surface area contributed by atoms with Gasteiger partial charge in [-0.25, -0.2) is 4.98 Å². The van der Waals surface area contributed by atoms with Crippen LogP contribution in [0.1, 0.15) is 44.6 Å². The number of carbonyl (C=O) groups excluding carboxylic acids is 1. The molecule has 156 valence electrons. The Morgan fingerprint density at radius 3 is 2.57 bits per heavy atom. The fourth-order valence-electron chi connectivity index (χ4n) is 3.82. The number of fused-ring (bicyclic) bond motifs is 1. The van der Waals surface area contributed by atoms with Gasteiger partial charge in [-0.3, -0.25) is 14.2 Å². The van der Waals surface area contributed by atoms with Gasteiger partial charge in [-0.1, -0.05) is 55.8 Å². The lowest BCUT2D eigenvalue weighted by atomic mass is 10.2. The van der Waals surface area contributed by atoms with Crippen molar-refractivity contribution in [3.63, 3.8) is 0 Å². The number of aromatic nitrogens is 2. The van der Waals surface area contributed by atoms with Gasteiger partial charge in [0.05, 0.1) is 10.9 Å². The minimum Gasteiger partial charge on any atom is -0.312 e. The van der Waals surface area contributed by atoms with E-state index in [9.17, 15) is 9.59 Å². The molecule has 30 heavy (non-hydrogen) atoms. The minimum absolute atomic E-state index is 0.0436. The molecule has 0 saturated carbocycles. The van der Waals surface area contributed by atoms with E-state index in [1.807, 2.05) is 45.9 Å². The number of thioether (sulfide) groups is 1. The fourth-order valence-corrected chi connectivity index (χ4v) is 4.80. The molecular formula is C24H27N3O2S. The molecule has 6 heteroatoms. The molecular weight excluding hydrogens is 394 g/mol. The Balaban J connectivity index is 1.54. The number of hydrogen-bond donors (Lipinski definition) is 0. The summed E-state index contributed by atoms with van der Waals surface area (Å²) in [5.74, 6) is 0.931. The summed E-state index contributed by atoms with van der Waals surface area (Å²) in [7, 11) is 0. The van der Waals surface area contributed by atoms with E-state index in [4.69, 9.17) is 4.98 Å². The van der Waals surface area contributed by atoms with Crippen molar-refractivity contribution >= 4 is 34.3 Å². The Morgan fingerprint density at radius 2 is 1.83 bits per heavy atom. The van der Waals surface area contributed by atoms with Crippen molar-refractivity contribution in [1.82, 2.24) is 9.55 Å². The number of anilines is 1. The molecule has 0 aliphatic carbocycles. The number of para-hydroxylation sites is 1. The van der Waals surface area contributed by atoms with E-state index < -0.39 is 0 Å². The number of unbranched alkanes of at least 4 members (excludes halogenated alkanes) is 2. The zero-order valence-electron chi connectivity index (χ0n) is 17.3. The first-order valence-electron chi connectivity index (χ1n) is 10.7. The van der Waals surface area contributed by atoms with Crippen LogP contribution in [0.3, 0.4) is 0 Å². The van der Waals surface area contributed by atoms with Gasteiger partial charge in [0.2, 0.25) is 5.91 Å². The number of nitrogens with zero attached hydrogens (tertiary/aromatic N) is 3. The summed E-state index contributed by atoms with van der Waals surface area (Å²) in [4.78, 5) is 31.6. The molecule has 2 aromatic carbocycles. The second-order valence-corrected chi connectivity index (χ2v) is 8.62. The monoisotopic (exact) mass is 421 g/mol. The first-order chi connectivity index (χ1) is 14.7. The van der Waals surface area contributed by atoms with E-state index in [1.54, 1.807) is 11.8 Å². The van der Waals surface area contributed by atoms with Gasteiger partial charge in [-0.05, 0) is 42.7 Å². The summed E-state index contributed by atoms with van der Waals surface area (Å²) in [5.41, 5.74) is 2.91. The summed E-state index contributed by atoms with van der Waals surface area (Å²) in [5, 5.41) is 1.45. The third kappa shape index (κ3) is 4.43. The lowest BCUT2D eigenvalue weighted by molar-refractivity contribution is -0.117. The van der Waals surface area contributed by atoms with Gasteiger partial charge in [0.25, 0.3) is 5.56 Å². The van der Waals surface area contributed by atoms with E-state index in [0.717, 1.165) is 59.9 Å². The molecule has 5 nitrogen and oxygen atoms in total. The molecule has 0 bridgehead atoms. The van der Waals surface area contributed by atoms with E-state index >= 15 is 0 Å². The summed E-state index contributed by atoms with van der Waals surface area (Å²) in [6, 6.07) is 15.7. The first kappa shape index (κ1) is 20.7. The summed E-state index contributed by atoms with van der Waals surface area (Å²) in [6.45, 7) is 3.66. The number of carbonyl (C=O) groups is 1. The first-order valence-corrected chi connectivity index (χ1v) is 11.7. The zero-order valence-corrected chi connectivity index (χ0v) is 18.2. The Kier molecular flexibility index (Phi) is 6.53. The van der Waals surface area contributed by atoms with Crippen molar-refractivity contribution in [3.8, 4) is 0 Å². The van der Waals surface area contributed by atoms with Crippen LogP contribution in [0.2, 0.25) is 0 Å². The molecule has 2 heterocycles. The van der Waals surface area contributed by atoms with Crippen LogP contribution >= 0.6 is 11.8 Å². The van der Waals surface area contributed by atoms with Crippen molar-refractivity contribution in [2.45, 2.75) is 56.5 Å². The quantitative estimate of drug-likeness (QED) is 0.292. The van der Waals surface area contributed by atoms with Gasteiger partial charge in [0.1, 0.15) is 0 Å². The highest BCUT2D eigenvalue weighted by atomic mass is 32.2.